The van der Waals surface area contributed by atoms with Crippen LogP contribution in [-0.2, 0) is 11.2 Å². The summed E-state index contributed by atoms with van der Waals surface area (Å²) in [5, 5.41) is 11.6. The minimum atomic E-state index is -0.372. The zero-order valence-corrected chi connectivity index (χ0v) is 11.3. The number of rotatable bonds is 5. The van der Waals surface area contributed by atoms with Crippen LogP contribution in [0.5, 0.6) is 0 Å². The van der Waals surface area contributed by atoms with Crippen molar-refractivity contribution in [2.24, 2.45) is 0 Å². The number of nitrogens with one attached hydrogen (secondary N) is 1. The van der Waals surface area contributed by atoms with Gasteiger partial charge in [-0.1, -0.05) is 41.4 Å². The Hall–Kier alpha value is -1.34. The Morgan fingerprint density at radius 3 is 2.65 bits per heavy atom. The molecule has 1 aromatic carbocycles. The lowest BCUT2D eigenvalue weighted by molar-refractivity contribution is -0.120. The van der Waals surface area contributed by atoms with Gasteiger partial charge in [0.15, 0.2) is 0 Å². The maximum absolute atomic E-state index is 11.7. The molecular formula is C13H15BrN2O. The summed E-state index contributed by atoms with van der Waals surface area (Å²) in [6.45, 7) is 1.99. The van der Waals surface area contributed by atoms with Crippen LogP contribution in [0, 0.1) is 11.3 Å². The van der Waals surface area contributed by atoms with Gasteiger partial charge in [-0.2, -0.15) is 5.26 Å². The second-order valence-electron chi connectivity index (χ2n) is 3.84. The molecule has 1 amide bonds. The molecule has 1 atom stereocenters. The molecule has 0 aromatic heterocycles. The second-order valence-corrected chi connectivity index (χ2v) is 4.76. The lowest BCUT2D eigenvalue weighted by atomic mass is 10.1. The summed E-state index contributed by atoms with van der Waals surface area (Å²) in [7, 11) is 0. The molecule has 0 fully saturated rings. The van der Waals surface area contributed by atoms with Crippen LogP contribution in [0.25, 0.3) is 0 Å². The van der Waals surface area contributed by atoms with Gasteiger partial charge in [-0.05, 0) is 24.1 Å². The monoisotopic (exact) mass is 294 g/mol. The summed E-state index contributed by atoms with van der Waals surface area (Å²) < 4.78 is 0.988. The minimum absolute atomic E-state index is 0.104. The quantitative estimate of drug-likeness (QED) is 0.908. The fraction of sp³-hybridized carbons (Fsp3) is 0.385. The number of carbonyl (C=O) groups is 1. The van der Waals surface area contributed by atoms with E-state index in [0.29, 0.717) is 12.8 Å². The van der Waals surface area contributed by atoms with Crippen molar-refractivity contribution in [3.63, 3.8) is 0 Å². The van der Waals surface area contributed by atoms with Crippen LogP contribution in [-0.4, -0.2) is 11.9 Å². The first-order valence-corrected chi connectivity index (χ1v) is 6.38. The number of hydrogen-bond acceptors (Lipinski definition) is 2. The lowest BCUT2D eigenvalue weighted by Crippen LogP contribution is -2.34. The van der Waals surface area contributed by atoms with E-state index in [1.54, 1.807) is 0 Å². The molecule has 0 aliphatic heterocycles. The van der Waals surface area contributed by atoms with Crippen LogP contribution in [0.4, 0.5) is 0 Å². The Morgan fingerprint density at radius 1 is 1.47 bits per heavy atom. The van der Waals surface area contributed by atoms with E-state index in [0.717, 1.165) is 16.5 Å². The number of hydrogen-bond donors (Lipinski definition) is 1. The van der Waals surface area contributed by atoms with Crippen molar-refractivity contribution in [1.29, 1.82) is 5.26 Å². The van der Waals surface area contributed by atoms with Crippen LogP contribution in [0.2, 0.25) is 0 Å². The minimum Gasteiger partial charge on any atom is -0.340 e. The van der Waals surface area contributed by atoms with Gasteiger partial charge in [-0.15, -0.1) is 0 Å². The van der Waals surface area contributed by atoms with Crippen molar-refractivity contribution >= 4 is 21.8 Å². The van der Waals surface area contributed by atoms with E-state index < -0.39 is 0 Å². The molecule has 0 saturated carbocycles. The molecule has 17 heavy (non-hydrogen) atoms. The van der Waals surface area contributed by atoms with Crippen molar-refractivity contribution < 1.29 is 4.79 Å². The third kappa shape index (κ3) is 5.01. The Balaban J connectivity index is 2.49. The Bertz CT molecular complexity index is 408. The van der Waals surface area contributed by atoms with Crippen molar-refractivity contribution in [3.05, 3.63) is 34.3 Å². The van der Waals surface area contributed by atoms with E-state index in [2.05, 4.69) is 27.3 Å². The second kappa shape index (κ2) is 7.08. The van der Waals surface area contributed by atoms with E-state index in [4.69, 9.17) is 5.26 Å². The molecule has 1 rings (SSSR count). The maximum Gasteiger partial charge on any atom is 0.225 e. The molecule has 1 aromatic rings. The third-order valence-corrected chi connectivity index (χ3v) is 2.88. The van der Waals surface area contributed by atoms with Crippen molar-refractivity contribution in [2.45, 2.75) is 32.2 Å². The van der Waals surface area contributed by atoms with E-state index in [-0.39, 0.29) is 11.9 Å². The third-order valence-electron chi connectivity index (χ3n) is 2.35. The van der Waals surface area contributed by atoms with Gasteiger partial charge in [0, 0.05) is 4.47 Å². The summed E-state index contributed by atoms with van der Waals surface area (Å²) in [5.41, 5.74) is 0.943. The number of carbonyl (C=O) groups excluding carboxylic acids is 1. The number of benzene rings is 1. The first-order valence-electron chi connectivity index (χ1n) is 5.59. The highest BCUT2D eigenvalue weighted by Gasteiger charge is 2.10. The maximum atomic E-state index is 11.7. The molecular weight excluding hydrogens is 280 g/mol. The molecule has 90 valence electrons. The molecule has 1 N–H and O–H groups in total. The van der Waals surface area contributed by atoms with Gasteiger partial charge < -0.3 is 5.32 Å². The molecule has 3 nitrogen and oxygen atoms in total. The predicted molar refractivity (Wildman–Crippen MR) is 70.3 cm³/mol. The molecule has 4 heteroatoms. The molecule has 0 saturated heterocycles. The fourth-order valence-electron chi connectivity index (χ4n) is 1.49. The van der Waals surface area contributed by atoms with Gasteiger partial charge in [0.05, 0.1) is 12.5 Å². The predicted octanol–water partition coefficient (Wildman–Crippen LogP) is 2.80. The highest BCUT2D eigenvalue weighted by atomic mass is 79.9. The summed E-state index contributed by atoms with van der Waals surface area (Å²) in [6.07, 6.45) is 1.90. The van der Waals surface area contributed by atoms with E-state index in [1.165, 1.54) is 0 Å². The van der Waals surface area contributed by atoms with Gasteiger partial charge in [0.1, 0.15) is 6.04 Å². The topological polar surface area (TPSA) is 52.9 Å². The van der Waals surface area contributed by atoms with E-state index in [9.17, 15) is 4.79 Å². The smallest absolute Gasteiger partial charge is 0.225 e. The summed E-state index contributed by atoms with van der Waals surface area (Å²) in [6, 6.07) is 9.30. The average molecular weight is 295 g/mol. The Morgan fingerprint density at radius 2 is 2.12 bits per heavy atom. The molecule has 0 radical (unpaired) electrons. The van der Waals surface area contributed by atoms with Gasteiger partial charge in [-0.25, -0.2) is 0 Å². The van der Waals surface area contributed by atoms with Crippen molar-refractivity contribution in [2.75, 3.05) is 0 Å². The standard InChI is InChI=1S/C13H15BrN2O/c1-2-3-12(9-15)16-13(17)8-10-4-6-11(14)7-5-10/h4-7,12H,2-3,8H2,1H3,(H,16,17). The normalized spacial score (nSPS) is 11.6. The Kier molecular flexibility index (Phi) is 5.71. The molecule has 0 bridgehead atoms. The van der Waals surface area contributed by atoms with Crippen LogP contribution < -0.4 is 5.32 Å². The first kappa shape index (κ1) is 13.7. The van der Waals surface area contributed by atoms with Gasteiger partial charge in [0.25, 0.3) is 0 Å². The van der Waals surface area contributed by atoms with Crippen LogP contribution in [0.15, 0.2) is 28.7 Å². The van der Waals surface area contributed by atoms with Crippen LogP contribution in [0.1, 0.15) is 25.3 Å². The Labute approximate surface area is 110 Å². The fourth-order valence-corrected chi connectivity index (χ4v) is 1.76. The highest BCUT2D eigenvalue weighted by molar-refractivity contribution is 9.10. The number of amides is 1. The van der Waals surface area contributed by atoms with Crippen LogP contribution >= 0.6 is 15.9 Å². The SMILES string of the molecule is CCCC(C#N)NC(=O)Cc1ccc(Br)cc1. The van der Waals surface area contributed by atoms with Gasteiger partial charge in [-0.3, -0.25) is 4.79 Å². The average Bonchev–Trinajstić information content (AvgIpc) is 2.31. The van der Waals surface area contributed by atoms with Crippen molar-refractivity contribution in [1.82, 2.24) is 5.32 Å². The molecule has 0 aliphatic carbocycles. The highest BCUT2D eigenvalue weighted by Crippen LogP contribution is 2.10. The van der Waals surface area contributed by atoms with Crippen molar-refractivity contribution in [3.8, 4) is 6.07 Å². The zero-order chi connectivity index (χ0) is 12.7. The van der Waals surface area contributed by atoms with Gasteiger partial charge in [0.2, 0.25) is 5.91 Å². The summed E-state index contributed by atoms with van der Waals surface area (Å²) in [5.74, 6) is -0.104. The lowest BCUT2D eigenvalue weighted by Gasteiger charge is -2.10. The largest absolute Gasteiger partial charge is 0.340 e. The zero-order valence-electron chi connectivity index (χ0n) is 9.74. The number of nitrogens with zero attached hydrogens (tertiary/aromatic N) is 1. The number of nitriles is 1. The molecule has 1 unspecified atom stereocenters. The summed E-state index contributed by atoms with van der Waals surface area (Å²) >= 11 is 3.34. The molecule has 0 aliphatic rings. The van der Waals surface area contributed by atoms with E-state index in [1.807, 2.05) is 31.2 Å². The van der Waals surface area contributed by atoms with Gasteiger partial charge >= 0.3 is 0 Å². The van der Waals surface area contributed by atoms with Crippen LogP contribution in [0.3, 0.4) is 0 Å². The first-order chi connectivity index (χ1) is 8.15. The van der Waals surface area contributed by atoms with E-state index >= 15 is 0 Å². The summed E-state index contributed by atoms with van der Waals surface area (Å²) in [4.78, 5) is 11.7. The number of halogens is 1. The molecule has 0 spiro atoms. The molecule has 0 heterocycles.